The highest BCUT2D eigenvalue weighted by Crippen LogP contribution is 2.34. The molecule has 0 bridgehead atoms. The number of carbonyl (C=O) groups is 1. The van der Waals surface area contributed by atoms with Crippen molar-refractivity contribution in [2.75, 3.05) is 5.32 Å². The quantitative estimate of drug-likeness (QED) is 0.769. The van der Waals surface area contributed by atoms with Crippen molar-refractivity contribution in [1.82, 2.24) is 10.2 Å². The van der Waals surface area contributed by atoms with E-state index in [1.54, 1.807) is 0 Å². The van der Waals surface area contributed by atoms with Crippen LogP contribution < -0.4 is 5.32 Å². The van der Waals surface area contributed by atoms with E-state index in [4.69, 9.17) is 0 Å². The first-order valence-electron chi connectivity index (χ1n) is 8.75. The Hall–Kier alpha value is -1.75. The number of rotatable bonds is 7. The largest absolute Gasteiger partial charge is 0.296 e. The molecule has 0 aliphatic rings. The minimum Gasteiger partial charge on any atom is -0.296 e. The lowest BCUT2D eigenvalue weighted by Gasteiger charge is -2.22. The molecule has 4 nitrogen and oxygen atoms in total. The van der Waals surface area contributed by atoms with Gasteiger partial charge < -0.3 is 0 Å². The van der Waals surface area contributed by atoms with Crippen LogP contribution in [0.5, 0.6) is 0 Å². The summed E-state index contributed by atoms with van der Waals surface area (Å²) in [6, 6.07) is 6.06. The van der Waals surface area contributed by atoms with Crippen molar-refractivity contribution in [3.63, 3.8) is 0 Å². The van der Waals surface area contributed by atoms with E-state index in [0.29, 0.717) is 5.13 Å². The Morgan fingerprint density at radius 3 is 2.17 bits per heavy atom. The average molecular weight is 346 g/mol. The third-order valence-electron chi connectivity index (χ3n) is 4.95. The Labute approximate surface area is 148 Å². The van der Waals surface area contributed by atoms with Gasteiger partial charge in [0, 0.05) is 11.0 Å². The van der Waals surface area contributed by atoms with E-state index in [9.17, 15) is 4.79 Å². The molecule has 2 aromatic rings. The highest BCUT2D eigenvalue weighted by atomic mass is 32.1. The normalized spacial score (nSPS) is 11.5. The third kappa shape index (κ3) is 3.66. The fraction of sp³-hybridized carbons (Fsp3) is 0.526. The maximum atomic E-state index is 12.8. The summed E-state index contributed by atoms with van der Waals surface area (Å²) in [5.41, 5.74) is 2.95. The summed E-state index contributed by atoms with van der Waals surface area (Å²) >= 11 is 1.48. The van der Waals surface area contributed by atoms with Crippen LogP contribution in [0.2, 0.25) is 0 Å². The molecule has 0 aliphatic carbocycles. The number of nitrogens with zero attached hydrogens (tertiary/aromatic N) is 2. The Morgan fingerprint density at radius 1 is 1.08 bits per heavy atom. The predicted octanol–water partition coefficient (Wildman–Crippen LogP) is 4.99. The fourth-order valence-electron chi connectivity index (χ4n) is 2.76. The maximum Gasteiger partial charge on any atom is 0.258 e. The van der Waals surface area contributed by atoms with E-state index < -0.39 is 0 Å². The van der Waals surface area contributed by atoms with Crippen LogP contribution in [0, 0.1) is 0 Å². The van der Waals surface area contributed by atoms with Gasteiger partial charge in [0.25, 0.3) is 5.91 Å². The average Bonchev–Trinajstić information content (AvgIpc) is 3.09. The van der Waals surface area contributed by atoms with Gasteiger partial charge in [-0.05, 0) is 36.8 Å². The molecule has 24 heavy (non-hydrogen) atoms. The van der Waals surface area contributed by atoms with Gasteiger partial charge in [0.05, 0.1) is 0 Å². The molecule has 0 atom stereocenters. The van der Waals surface area contributed by atoms with Gasteiger partial charge in [-0.25, -0.2) is 0 Å². The molecule has 0 radical (unpaired) electrons. The number of anilines is 1. The van der Waals surface area contributed by atoms with Crippen molar-refractivity contribution < 1.29 is 4.79 Å². The molecule has 1 heterocycles. The molecule has 1 amide bonds. The molecule has 130 valence electrons. The predicted molar refractivity (Wildman–Crippen MR) is 101 cm³/mol. The van der Waals surface area contributed by atoms with Crippen LogP contribution in [0.4, 0.5) is 5.13 Å². The zero-order valence-corrected chi connectivity index (χ0v) is 16.1. The fourth-order valence-corrected chi connectivity index (χ4v) is 3.79. The van der Waals surface area contributed by atoms with Gasteiger partial charge in [-0.15, -0.1) is 10.2 Å². The van der Waals surface area contributed by atoms with Crippen LogP contribution in [-0.2, 0) is 18.3 Å². The Bertz CT molecular complexity index is 682. The van der Waals surface area contributed by atoms with E-state index >= 15 is 0 Å². The molecular formula is C19H27N3OS. The van der Waals surface area contributed by atoms with E-state index in [2.05, 4.69) is 50.1 Å². The van der Waals surface area contributed by atoms with E-state index in [1.165, 1.54) is 11.3 Å². The van der Waals surface area contributed by atoms with Crippen LogP contribution in [-0.4, -0.2) is 16.1 Å². The number of amides is 1. The molecule has 0 unspecified atom stereocenters. The SMILES string of the molecule is CCc1cccc(CC)c1C(=O)Nc1nnc(C(C)(CC)CC)s1. The summed E-state index contributed by atoms with van der Waals surface area (Å²) in [6.07, 6.45) is 3.68. The van der Waals surface area contributed by atoms with E-state index in [0.717, 1.165) is 47.4 Å². The summed E-state index contributed by atoms with van der Waals surface area (Å²) in [4.78, 5) is 12.8. The smallest absolute Gasteiger partial charge is 0.258 e. The summed E-state index contributed by atoms with van der Waals surface area (Å²) < 4.78 is 0. The highest BCUT2D eigenvalue weighted by Gasteiger charge is 2.27. The van der Waals surface area contributed by atoms with E-state index in [1.807, 2.05) is 18.2 Å². The Morgan fingerprint density at radius 2 is 1.67 bits per heavy atom. The number of hydrogen-bond acceptors (Lipinski definition) is 4. The van der Waals surface area contributed by atoms with Crippen molar-refractivity contribution in [1.29, 1.82) is 0 Å². The van der Waals surface area contributed by atoms with Gasteiger partial charge in [-0.3, -0.25) is 10.1 Å². The summed E-state index contributed by atoms with van der Waals surface area (Å²) in [6.45, 7) is 10.7. The monoisotopic (exact) mass is 345 g/mol. The molecule has 1 aromatic heterocycles. The second-order valence-corrected chi connectivity index (χ2v) is 7.27. The van der Waals surface area contributed by atoms with Crippen molar-refractivity contribution in [2.45, 2.75) is 65.7 Å². The second-order valence-electron chi connectivity index (χ2n) is 6.29. The first-order valence-corrected chi connectivity index (χ1v) is 9.56. The van der Waals surface area contributed by atoms with Crippen LogP contribution in [0.3, 0.4) is 0 Å². The number of nitrogens with one attached hydrogen (secondary N) is 1. The lowest BCUT2D eigenvalue weighted by molar-refractivity contribution is 0.102. The van der Waals surface area contributed by atoms with Crippen molar-refractivity contribution in [2.24, 2.45) is 0 Å². The Kier molecular flexibility index (Phi) is 6.10. The first-order chi connectivity index (χ1) is 11.5. The van der Waals surface area contributed by atoms with Gasteiger partial charge in [0.2, 0.25) is 5.13 Å². The molecule has 5 heteroatoms. The third-order valence-corrected chi connectivity index (χ3v) is 6.09. The first kappa shape index (κ1) is 18.6. The molecule has 2 rings (SSSR count). The standard InChI is InChI=1S/C19H27N3OS/c1-6-13-11-10-12-14(7-2)15(13)16(23)20-18-22-21-17(24-18)19(5,8-3)9-4/h10-12H,6-9H2,1-5H3,(H,20,22,23). The molecule has 1 aromatic carbocycles. The van der Waals surface area contributed by atoms with E-state index in [-0.39, 0.29) is 11.3 Å². The van der Waals surface area contributed by atoms with Gasteiger partial charge >= 0.3 is 0 Å². The zero-order valence-electron chi connectivity index (χ0n) is 15.3. The topological polar surface area (TPSA) is 54.9 Å². The molecular weight excluding hydrogens is 318 g/mol. The lowest BCUT2D eigenvalue weighted by Crippen LogP contribution is -2.19. The van der Waals surface area contributed by atoms with Crippen molar-refractivity contribution in [3.05, 3.63) is 39.9 Å². The minimum absolute atomic E-state index is 0.0244. The molecule has 0 fully saturated rings. The van der Waals surface area contributed by atoms with Crippen LogP contribution in [0.15, 0.2) is 18.2 Å². The van der Waals surface area contributed by atoms with Crippen LogP contribution in [0.25, 0.3) is 0 Å². The molecule has 1 N–H and O–H groups in total. The maximum absolute atomic E-state index is 12.8. The highest BCUT2D eigenvalue weighted by molar-refractivity contribution is 7.15. The lowest BCUT2D eigenvalue weighted by atomic mass is 9.86. The molecule has 0 saturated heterocycles. The molecule has 0 spiro atoms. The van der Waals surface area contributed by atoms with Crippen LogP contribution in [0.1, 0.15) is 74.0 Å². The number of benzene rings is 1. The number of carbonyl (C=O) groups excluding carboxylic acids is 1. The molecule has 0 aliphatic heterocycles. The number of aromatic nitrogens is 2. The van der Waals surface area contributed by atoms with Gasteiger partial charge in [0.1, 0.15) is 5.01 Å². The van der Waals surface area contributed by atoms with Crippen molar-refractivity contribution >= 4 is 22.4 Å². The Balaban J connectivity index is 2.27. The van der Waals surface area contributed by atoms with Crippen molar-refractivity contribution in [3.8, 4) is 0 Å². The van der Waals surface area contributed by atoms with Gasteiger partial charge in [-0.2, -0.15) is 0 Å². The van der Waals surface area contributed by atoms with Gasteiger partial charge in [0.15, 0.2) is 0 Å². The summed E-state index contributed by atoms with van der Waals surface area (Å²) in [5.74, 6) is -0.0818. The summed E-state index contributed by atoms with van der Waals surface area (Å²) in [5, 5.41) is 13.0. The molecule has 0 saturated carbocycles. The number of aryl methyl sites for hydroxylation is 2. The summed E-state index contributed by atoms with van der Waals surface area (Å²) in [7, 11) is 0. The number of hydrogen-bond donors (Lipinski definition) is 1. The zero-order chi connectivity index (χ0) is 17.7. The minimum atomic E-state index is -0.0818. The van der Waals surface area contributed by atoms with Crippen LogP contribution >= 0.6 is 11.3 Å². The van der Waals surface area contributed by atoms with Gasteiger partial charge in [-0.1, -0.05) is 64.2 Å². The second kappa shape index (κ2) is 7.88.